The van der Waals surface area contributed by atoms with Crippen LogP contribution in [0.5, 0.6) is 11.5 Å². The van der Waals surface area contributed by atoms with Gasteiger partial charge in [-0.3, -0.25) is 9.69 Å². The van der Waals surface area contributed by atoms with E-state index >= 15 is 0 Å². The number of anilines is 1. The van der Waals surface area contributed by atoms with Crippen LogP contribution < -0.4 is 14.8 Å². The molecule has 0 spiro atoms. The summed E-state index contributed by atoms with van der Waals surface area (Å²) in [7, 11) is 0. The molecule has 9 heteroatoms. The van der Waals surface area contributed by atoms with Crippen molar-refractivity contribution in [1.82, 2.24) is 9.80 Å². The molecule has 3 aromatic rings. The number of piperazine rings is 1. The summed E-state index contributed by atoms with van der Waals surface area (Å²) in [4.78, 5) is 29.4. The highest BCUT2D eigenvalue weighted by molar-refractivity contribution is 5.96. The van der Waals surface area contributed by atoms with Gasteiger partial charge in [-0.25, -0.2) is 4.79 Å². The lowest BCUT2D eigenvalue weighted by Gasteiger charge is -2.34. The Balaban J connectivity index is 1.08. The number of nitrogens with one attached hydrogen (secondary N) is 1. The SMILES string of the molecule is O=C(OCC(=O)N1CCN(Cc2ccc3c(c2)OCO3)CC1)c1ccccc1NCc1ccco1. The summed E-state index contributed by atoms with van der Waals surface area (Å²) in [5.74, 6) is 1.57. The first-order chi connectivity index (χ1) is 17.2. The van der Waals surface area contributed by atoms with Crippen molar-refractivity contribution in [3.63, 3.8) is 0 Å². The number of carbonyl (C=O) groups excluding carboxylic acids is 2. The van der Waals surface area contributed by atoms with Gasteiger partial charge in [0.2, 0.25) is 6.79 Å². The van der Waals surface area contributed by atoms with Crippen LogP contribution in [0.2, 0.25) is 0 Å². The van der Waals surface area contributed by atoms with Gasteiger partial charge in [0.25, 0.3) is 5.91 Å². The van der Waals surface area contributed by atoms with E-state index in [-0.39, 0.29) is 19.3 Å². The minimum absolute atomic E-state index is 0.192. The van der Waals surface area contributed by atoms with Crippen LogP contribution >= 0.6 is 0 Å². The molecule has 0 unspecified atom stereocenters. The molecule has 2 aliphatic rings. The zero-order valence-electron chi connectivity index (χ0n) is 19.3. The lowest BCUT2D eigenvalue weighted by atomic mass is 10.1. The topological polar surface area (TPSA) is 93.5 Å². The van der Waals surface area contributed by atoms with Crippen LogP contribution in [0.25, 0.3) is 0 Å². The predicted molar refractivity (Wildman–Crippen MR) is 127 cm³/mol. The van der Waals surface area contributed by atoms with E-state index in [2.05, 4.69) is 10.2 Å². The third-order valence-corrected chi connectivity index (χ3v) is 6.08. The molecule has 1 aromatic heterocycles. The van der Waals surface area contributed by atoms with Gasteiger partial charge in [-0.2, -0.15) is 0 Å². The van der Waals surface area contributed by atoms with Crippen LogP contribution in [-0.2, 0) is 22.6 Å². The Hall–Kier alpha value is -3.98. The van der Waals surface area contributed by atoms with E-state index in [1.54, 1.807) is 35.4 Å². The largest absolute Gasteiger partial charge is 0.467 e. The van der Waals surface area contributed by atoms with Gasteiger partial charge in [0, 0.05) is 38.4 Å². The van der Waals surface area contributed by atoms with Crippen LogP contribution in [0.1, 0.15) is 21.7 Å². The Kier molecular flexibility index (Phi) is 6.85. The van der Waals surface area contributed by atoms with Crippen molar-refractivity contribution in [1.29, 1.82) is 0 Å². The molecule has 2 aromatic carbocycles. The summed E-state index contributed by atoms with van der Waals surface area (Å²) in [6.07, 6.45) is 1.60. The molecule has 1 N–H and O–H groups in total. The van der Waals surface area contributed by atoms with Crippen LogP contribution in [-0.4, -0.2) is 61.3 Å². The quantitative estimate of drug-likeness (QED) is 0.495. The number of rotatable bonds is 8. The lowest BCUT2D eigenvalue weighted by molar-refractivity contribution is -0.136. The average molecular weight is 478 g/mol. The molecule has 0 saturated carbocycles. The minimum atomic E-state index is -0.540. The van der Waals surface area contributed by atoms with Crippen LogP contribution in [0.3, 0.4) is 0 Å². The van der Waals surface area contributed by atoms with Crippen LogP contribution in [0.4, 0.5) is 5.69 Å². The third-order valence-electron chi connectivity index (χ3n) is 6.08. The predicted octanol–water partition coefficient (Wildman–Crippen LogP) is 3.12. The number of hydrogen-bond donors (Lipinski definition) is 1. The highest BCUT2D eigenvalue weighted by Crippen LogP contribution is 2.32. The highest BCUT2D eigenvalue weighted by Gasteiger charge is 2.23. The monoisotopic (exact) mass is 477 g/mol. The second-order valence-corrected chi connectivity index (χ2v) is 8.40. The van der Waals surface area contributed by atoms with Crippen molar-refractivity contribution >= 4 is 17.6 Å². The Bertz CT molecular complexity index is 1170. The Morgan fingerprint density at radius 2 is 1.77 bits per heavy atom. The summed E-state index contributed by atoms with van der Waals surface area (Å²) in [6.45, 7) is 3.85. The molecule has 1 saturated heterocycles. The molecule has 0 aliphatic carbocycles. The first-order valence-electron chi connectivity index (χ1n) is 11.6. The van der Waals surface area contributed by atoms with Crippen molar-refractivity contribution in [3.8, 4) is 11.5 Å². The van der Waals surface area contributed by atoms with Gasteiger partial charge in [-0.1, -0.05) is 18.2 Å². The maximum absolute atomic E-state index is 12.7. The molecule has 182 valence electrons. The number of carbonyl (C=O) groups is 2. The van der Waals surface area contributed by atoms with Crippen molar-refractivity contribution in [2.45, 2.75) is 13.1 Å². The van der Waals surface area contributed by atoms with E-state index in [0.29, 0.717) is 30.9 Å². The van der Waals surface area contributed by atoms with Crippen molar-refractivity contribution in [3.05, 3.63) is 77.7 Å². The first kappa shape index (κ1) is 22.8. The van der Waals surface area contributed by atoms with Gasteiger partial charge in [0.1, 0.15) is 5.76 Å². The van der Waals surface area contributed by atoms with Gasteiger partial charge in [-0.05, 0) is 42.0 Å². The summed E-state index contributed by atoms with van der Waals surface area (Å²) in [5, 5.41) is 3.18. The fourth-order valence-corrected chi connectivity index (χ4v) is 4.16. The van der Waals surface area contributed by atoms with Crippen molar-refractivity contribution in [2.24, 2.45) is 0 Å². The van der Waals surface area contributed by atoms with Gasteiger partial charge >= 0.3 is 5.97 Å². The molecular formula is C26H27N3O6. The van der Waals surface area contributed by atoms with Crippen molar-refractivity contribution < 1.29 is 28.2 Å². The Morgan fingerprint density at radius 1 is 0.943 bits per heavy atom. The fourth-order valence-electron chi connectivity index (χ4n) is 4.16. The summed E-state index contributed by atoms with van der Waals surface area (Å²) in [6, 6.07) is 16.7. The zero-order valence-corrected chi connectivity index (χ0v) is 19.3. The van der Waals surface area contributed by atoms with Crippen LogP contribution in [0.15, 0.2) is 65.3 Å². The lowest BCUT2D eigenvalue weighted by Crippen LogP contribution is -2.49. The number of esters is 1. The maximum atomic E-state index is 12.7. The first-order valence-corrected chi connectivity index (χ1v) is 11.6. The summed E-state index contributed by atoms with van der Waals surface area (Å²) >= 11 is 0. The molecule has 0 radical (unpaired) electrons. The number of ether oxygens (including phenoxy) is 3. The smallest absolute Gasteiger partial charge is 0.340 e. The zero-order chi connectivity index (χ0) is 24.0. The van der Waals surface area contributed by atoms with E-state index in [0.717, 1.165) is 42.5 Å². The molecule has 1 fully saturated rings. The molecular weight excluding hydrogens is 450 g/mol. The van der Waals surface area contributed by atoms with Gasteiger partial charge in [-0.15, -0.1) is 0 Å². The van der Waals surface area contributed by atoms with E-state index < -0.39 is 5.97 Å². The van der Waals surface area contributed by atoms with E-state index in [9.17, 15) is 9.59 Å². The molecule has 35 heavy (non-hydrogen) atoms. The van der Waals surface area contributed by atoms with E-state index in [4.69, 9.17) is 18.6 Å². The molecule has 5 rings (SSSR count). The third kappa shape index (κ3) is 5.58. The minimum Gasteiger partial charge on any atom is -0.467 e. The second-order valence-electron chi connectivity index (χ2n) is 8.40. The number of fused-ring (bicyclic) bond motifs is 1. The second kappa shape index (κ2) is 10.5. The van der Waals surface area contributed by atoms with E-state index in [1.165, 1.54) is 0 Å². The van der Waals surface area contributed by atoms with Gasteiger partial charge in [0.05, 0.1) is 18.4 Å². The Labute approximate surface area is 203 Å². The van der Waals surface area contributed by atoms with Gasteiger partial charge in [0.15, 0.2) is 18.1 Å². The highest BCUT2D eigenvalue weighted by atomic mass is 16.7. The normalized spacial score (nSPS) is 15.1. The van der Waals surface area contributed by atoms with Gasteiger partial charge < -0.3 is 28.8 Å². The number of hydrogen-bond acceptors (Lipinski definition) is 8. The summed E-state index contributed by atoms with van der Waals surface area (Å²) in [5.41, 5.74) is 2.14. The number of benzene rings is 2. The molecule has 2 aliphatic heterocycles. The van der Waals surface area contributed by atoms with E-state index in [1.807, 2.05) is 30.3 Å². The average Bonchev–Trinajstić information content (AvgIpc) is 3.58. The molecule has 1 amide bonds. The molecule has 3 heterocycles. The molecule has 0 atom stereocenters. The Morgan fingerprint density at radius 3 is 2.60 bits per heavy atom. The number of para-hydroxylation sites is 1. The number of furan rings is 1. The van der Waals surface area contributed by atoms with Crippen LogP contribution in [0, 0.1) is 0 Å². The fraction of sp³-hybridized carbons (Fsp3) is 0.308. The number of amides is 1. The molecule has 9 nitrogen and oxygen atoms in total. The molecule has 0 bridgehead atoms. The number of nitrogens with zero attached hydrogens (tertiary/aromatic N) is 2. The van der Waals surface area contributed by atoms with Crippen molar-refractivity contribution in [2.75, 3.05) is 44.9 Å². The maximum Gasteiger partial charge on any atom is 0.340 e. The standard InChI is InChI=1S/C26H27N3O6/c30-25(17-33-26(31)21-5-1-2-6-22(21)27-15-20-4-3-13-32-20)29-11-9-28(10-12-29)16-19-7-8-23-24(14-19)35-18-34-23/h1-8,13-14,27H,9-12,15-18H2. The summed E-state index contributed by atoms with van der Waals surface area (Å²) < 4.78 is 21.5.